The minimum Gasteiger partial charge on any atom is -0.479 e. The maximum atomic E-state index is 13.1. The van der Waals surface area contributed by atoms with Crippen LogP contribution < -0.4 is 5.32 Å². The first kappa shape index (κ1) is 22.2. The summed E-state index contributed by atoms with van der Waals surface area (Å²) in [6, 6.07) is 15.9. The standard InChI is InChI=1S/C26H24N2O5S/c1-15(24(29)28-12-10-22-20(11-13-34-22)23(28)25(30)31)27-26(32)33-14-21-18-8-4-2-6-16(18)17-7-3-5-9-19(17)21/h2-9,11,13,15,21,23H,10,12,14H2,1H3,(H,27,32)(H,30,31)/t15-,23?/m1/s1. The number of fused-ring (bicyclic) bond motifs is 4. The quantitative estimate of drug-likeness (QED) is 0.576. The normalized spacial score (nSPS) is 17.3. The highest BCUT2D eigenvalue weighted by molar-refractivity contribution is 7.10. The number of carbonyl (C=O) groups is 3. The predicted octanol–water partition coefficient (Wildman–Crippen LogP) is 4.19. The Kier molecular flexibility index (Phi) is 5.83. The first-order valence-electron chi connectivity index (χ1n) is 11.2. The third kappa shape index (κ3) is 3.84. The lowest BCUT2D eigenvalue weighted by molar-refractivity contribution is -0.151. The number of carboxylic acid groups (broad SMARTS) is 1. The molecule has 1 unspecified atom stereocenters. The predicted molar refractivity (Wildman–Crippen MR) is 128 cm³/mol. The summed E-state index contributed by atoms with van der Waals surface area (Å²) in [6.45, 7) is 1.98. The van der Waals surface area contributed by atoms with Gasteiger partial charge < -0.3 is 20.1 Å². The van der Waals surface area contributed by atoms with E-state index in [0.29, 0.717) is 18.5 Å². The Bertz CT molecular complexity index is 1220. The topological polar surface area (TPSA) is 95.9 Å². The molecule has 0 saturated carbocycles. The van der Waals surface area contributed by atoms with Gasteiger partial charge in [0.2, 0.25) is 5.91 Å². The van der Waals surface area contributed by atoms with Gasteiger partial charge in [0.1, 0.15) is 12.6 Å². The molecule has 1 aliphatic heterocycles. The Labute approximate surface area is 201 Å². The molecule has 1 aromatic heterocycles. The van der Waals surface area contributed by atoms with E-state index in [0.717, 1.165) is 27.1 Å². The molecule has 174 valence electrons. The maximum Gasteiger partial charge on any atom is 0.407 e. The van der Waals surface area contributed by atoms with Crippen LogP contribution in [0.5, 0.6) is 0 Å². The number of rotatable bonds is 5. The summed E-state index contributed by atoms with van der Waals surface area (Å²) in [5.41, 5.74) is 5.11. The Morgan fingerprint density at radius 1 is 1.06 bits per heavy atom. The Morgan fingerprint density at radius 2 is 1.71 bits per heavy atom. The number of amides is 2. The fraction of sp³-hybridized carbons (Fsp3) is 0.269. The zero-order valence-corrected chi connectivity index (χ0v) is 19.4. The molecular weight excluding hydrogens is 452 g/mol. The number of carbonyl (C=O) groups excluding carboxylic acids is 2. The van der Waals surface area contributed by atoms with Crippen molar-refractivity contribution in [3.05, 3.63) is 81.5 Å². The number of benzene rings is 2. The van der Waals surface area contributed by atoms with Crippen LogP contribution in [0.3, 0.4) is 0 Å². The van der Waals surface area contributed by atoms with Gasteiger partial charge in [-0.1, -0.05) is 48.5 Å². The van der Waals surface area contributed by atoms with Crippen molar-refractivity contribution in [3.8, 4) is 11.1 Å². The molecule has 8 heteroatoms. The summed E-state index contributed by atoms with van der Waals surface area (Å²) in [5, 5.41) is 14.2. The number of hydrogen-bond acceptors (Lipinski definition) is 5. The van der Waals surface area contributed by atoms with Crippen molar-refractivity contribution in [1.29, 1.82) is 0 Å². The van der Waals surface area contributed by atoms with E-state index < -0.39 is 30.1 Å². The van der Waals surface area contributed by atoms with Gasteiger partial charge in [-0.05, 0) is 52.6 Å². The largest absolute Gasteiger partial charge is 0.479 e. The molecule has 0 fully saturated rings. The highest BCUT2D eigenvalue weighted by Crippen LogP contribution is 2.44. The molecule has 2 heterocycles. The van der Waals surface area contributed by atoms with Gasteiger partial charge in [0.05, 0.1) is 0 Å². The van der Waals surface area contributed by atoms with Crippen LogP contribution in [-0.4, -0.2) is 47.2 Å². The zero-order valence-electron chi connectivity index (χ0n) is 18.6. The van der Waals surface area contributed by atoms with Crippen LogP contribution in [0.25, 0.3) is 11.1 Å². The molecule has 1 aliphatic carbocycles. The molecule has 0 spiro atoms. The van der Waals surface area contributed by atoms with E-state index in [9.17, 15) is 19.5 Å². The molecule has 0 saturated heterocycles. The van der Waals surface area contributed by atoms with Crippen LogP contribution in [0.15, 0.2) is 60.0 Å². The highest BCUT2D eigenvalue weighted by atomic mass is 32.1. The minimum atomic E-state index is -1.08. The molecule has 0 radical (unpaired) electrons. The van der Waals surface area contributed by atoms with Crippen molar-refractivity contribution in [2.24, 2.45) is 0 Å². The van der Waals surface area contributed by atoms with Gasteiger partial charge in [0, 0.05) is 17.3 Å². The average Bonchev–Trinajstić information content (AvgIpc) is 3.44. The lowest BCUT2D eigenvalue weighted by Gasteiger charge is -2.34. The summed E-state index contributed by atoms with van der Waals surface area (Å²) < 4.78 is 5.53. The molecular formula is C26H24N2O5S. The van der Waals surface area contributed by atoms with Gasteiger partial charge in [-0.25, -0.2) is 9.59 Å². The van der Waals surface area contributed by atoms with E-state index >= 15 is 0 Å². The van der Waals surface area contributed by atoms with Gasteiger partial charge in [-0.2, -0.15) is 0 Å². The van der Waals surface area contributed by atoms with E-state index in [2.05, 4.69) is 17.4 Å². The van der Waals surface area contributed by atoms with Crippen LogP contribution in [0.1, 0.15) is 40.5 Å². The zero-order chi connectivity index (χ0) is 23.8. The van der Waals surface area contributed by atoms with Crippen LogP contribution in [0.2, 0.25) is 0 Å². The number of nitrogens with one attached hydrogen (secondary N) is 1. The highest BCUT2D eigenvalue weighted by Gasteiger charge is 2.38. The summed E-state index contributed by atoms with van der Waals surface area (Å²) >= 11 is 1.50. The Balaban J connectivity index is 1.24. The smallest absolute Gasteiger partial charge is 0.407 e. The van der Waals surface area contributed by atoms with Crippen molar-refractivity contribution in [3.63, 3.8) is 0 Å². The molecule has 2 atom stereocenters. The van der Waals surface area contributed by atoms with Crippen LogP contribution in [0, 0.1) is 0 Å². The average molecular weight is 477 g/mol. The number of thiophene rings is 1. The fourth-order valence-electron chi connectivity index (χ4n) is 4.95. The number of aliphatic carboxylic acids is 1. The lowest BCUT2D eigenvalue weighted by atomic mass is 9.98. The maximum absolute atomic E-state index is 13.1. The summed E-state index contributed by atoms with van der Waals surface area (Å²) in [5.74, 6) is -1.61. The second-order valence-corrected chi connectivity index (χ2v) is 9.51. The Hall–Kier alpha value is -3.65. The number of nitrogens with zero attached hydrogens (tertiary/aromatic N) is 1. The second kappa shape index (κ2) is 8.95. The van der Waals surface area contributed by atoms with E-state index in [4.69, 9.17) is 4.74 Å². The van der Waals surface area contributed by atoms with Crippen molar-refractivity contribution in [2.75, 3.05) is 13.2 Å². The van der Waals surface area contributed by atoms with Gasteiger partial charge in [-0.3, -0.25) is 4.79 Å². The summed E-state index contributed by atoms with van der Waals surface area (Å²) in [6.07, 6.45) is -0.108. The van der Waals surface area contributed by atoms with Crippen molar-refractivity contribution < 1.29 is 24.2 Å². The molecule has 5 rings (SSSR count). The summed E-state index contributed by atoms with van der Waals surface area (Å²) in [7, 11) is 0. The molecule has 7 nitrogen and oxygen atoms in total. The summed E-state index contributed by atoms with van der Waals surface area (Å²) in [4.78, 5) is 39.9. The molecule has 0 bridgehead atoms. The Morgan fingerprint density at radius 3 is 2.35 bits per heavy atom. The molecule has 2 aliphatic rings. The first-order valence-corrected chi connectivity index (χ1v) is 12.0. The van der Waals surface area contributed by atoms with Gasteiger partial charge in [-0.15, -0.1) is 11.3 Å². The van der Waals surface area contributed by atoms with E-state index in [1.165, 1.54) is 16.2 Å². The molecule has 2 N–H and O–H groups in total. The number of carboxylic acids is 1. The van der Waals surface area contributed by atoms with Crippen molar-refractivity contribution >= 4 is 29.3 Å². The molecule has 3 aromatic rings. The van der Waals surface area contributed by atoms with E-state index in [1.54, 1.807) is 13.0 Å². The van der Waals surface area contributed by atoms with Crippen LogP contribution >= 0.6 is 11.3 Å². The fourth-order valence-corrected chi connectivity index (χ4v) is 5.85. The van der Waals surface area contributed by atoms with Crippen molar-refractivity contribution in [2.45, 2.75) is 31.3 Å². The van der Waals surface area contributed by atoms with Crippen LogP contribution in [-0.2, 0) is 20.7 Å². The second-order valence-electron chi connectivity index (χ2n) is 8.51. The third-order valence-electron chi connectivity index (χ3n) is 6.53. The third-order valence-corrected chi connectivity index (χ3v) is 7.53. The molecule has 2 aromatic carbocycles. The number of hydrogen-bond donors (Lipinski definition) is 2. The number of alkyl carbamates (subject to hydrolysis) is 1. The van der Waals surface area contributed by atoms with Crippen LogP contribution in [0.4, 0.5) is 4.79 Å². The van der Waals surface area contributed by atoms with Gasteiger partial charge >= 0.3 is 12.1 Å². The van der Waals surface area contributed by atoms with Gasteiger partial charge in [0.25, 0.3) is 0 Å². The monoisotopic (exact) mass is 476 g/mol. The first-order chi connectivity index (χ1) is 16.5. The van der Waals surface area contributed by atoms with Crippen molar-refractivity contribution in [1.82, 2.24) is 10.2 Å². The van der Waals surface area contributed by atoms with E-state index in [-0.39, 0.29) is 12.5 Å². The molecule has 34 heavy (non-hydrogen) atoms. The lowest BCUT2D eigenvalue weighted by Crippen LogP contribution is -2.51. The molecule has 2 amide bonds. The SMILES string of the molecule is C[C@@H](NC(=O)OCC1c2ccccc2-c2ccccc21)C(=O)N1CCc2sccc2C1C(=O)O. The van der Waals surface area contributed by atoms with E-state index in [1.807, 2.05) is 41.8 Å². The minimum absolute atomic E-state index is 0.0837. The number of ether oxygens (including phenoxy) is 1. The van der Waals surface area contributed by atoms with Gasteiger partial charge in [0.15, 0.2) is 6.04 Å².